The van der Waals surface area contributed by atoms with Crippen molar-refractivity contribution < 1.29 is 17.9 Å². The van der Waals surface area contributed by atoms with E-state index in [0.29, 0.717) is 6.42 Å². The van der Waals surface area contributed by atoms with E-state index in [1.807, 2.05) is 47.5 Å². The number of quaternary nitrogens is 1. The van der Waals surface area contributed by atoms with Crippen molar-refractivity contribution in [1.29, 1.82) is 0 Å². The zero-order chi connectivity index (χ0) is 25.9. The molecular formula is C28H33N4O4S+. The summed E-state index contributed by atoms with van der Waals surface area (Å²) in [6, 6.07) is 22.5. The number of rotatable bonds is 7. The van der Waals surface area contributed by atoms with Gasteiger partial charge in [0, 0.05) is 17.7 Å². The van der Waals surface area contributed by atoms with Crippen LogP contribution >= 0.6 is 0 Å². The first-order chi connectivity index (χ1) is 17.1. The summed E-state index contributed by atoms with van der Waals surface area (Å²) in [6.45, 7) is 8.03. The first kappa shape index (κ1) is 27.6. The monoisotopic (exact) mass is 521 g/mol. The minimum atomic E-state index is -3.97. The third-order valence-electron chi connectivity index (χ3n) is 5.99. The van der Waals surface area contributed by atoms with Crippen molar-refractivity contribution in [3.63, 3.8) is 0 Å². The topological polar surface area (TPSA) is 127 Å². The highest BCUT2D eigenvalue weighted by atomic mass is 32.2. The molecule has 0 saturated carbocycles. The van der Waals surface area contributed by atoms with E-state index >= 15 is 0 Å². The zero-order valence-corrected chi connectivity index (χ0v) is 22.6. The summed E-state index contributed by atoms with van der Waals surface area (Å²) in [5.74, 6) is 0. The predicted octanol–water partition coefficient (Wildman–Crippen LogP) is 5.81. The summed E-state index contributed by atoms with van der Waals surface area (Å²) >= 11 is 0. The Balaban J connectivity index is 0.00000380. The molecule has 8 nitrogen and oxygen atoms in total. The predicted molar refractivity (Wildman–Crippen MR) is 146 cm³/mol. The Labute approximate surface area is 217 Å². The average Bonchev–Trinajstić information content (AvgIpc) is 3.14. The number of benzene rings is 3. The number of hydrogen-bond donors (Lipinski definition) is 2. The van der Waals surface area contributed by atoms with E-state index in [9.17, 15) is 13.2 Å². The van der Waals surface area contributed by atoms with E-state index in [2.05, 4.69) is 38.1 Å². The summed E-state index contributed by atoms with van der Waals surface area (Å²) in [5, 5.41) is 4.74. The number of nitrogens with zero attached hydrogens (tertiary/aromatic N) is 2. The lowest BCUT2D eigenvalue weighted by molar-refractivity contribution is 0.154. The summed E-state index contributed by atoms with van der Waals surface area (Å²) in [5.41, 5.74) is 8.30. The number of sulfonamides is 1. The maximum absolute atomic E-state index is 12.3. The molecule has 0 fully saturated rings. The van der Waals surface area contributed by atoms with Crippen LogP contribution in [-0.4, -0.2) is 30.9 Å². The molecule has 0 spiro atoms. The standard InChI is InChI=1S/C28H29N3O4S.H3N/c1-19-5-11-24(12-6-19)27-21(3)29-31(22(27)4)25-13-9-23(10-14-25)17-18-35-28(32)30-36(33,34)26-15-7-20(2)8-16-26;/h5-16H,17-18H2,1-4H3,(H,30,32);1H3/p+1. The van der Waals surface area contributed by atoms with Crippen LogP contribution < -0.4 is 10.9 Å². The minimum absolute atomic E-state index is 0. The van der Waals surface area contributed by atoms with Crippen LogP contribution in [0.3, 0.4) is 0 Å². The number of carbonyl (C=O) groups is 1. The second kappa shape index (κ2) is 11.4. The second-order valence-electron chi connectivity index (χ2n) is 8.79. The quantitative estimate of drug-likeness (QED) is 0.317. The van der Waals surface area contributed by atoms with Gasteiger partial charge in [-0.25, -0.2) is 22.6 Å². The lowest BCUT2D eigenvalue weighted by Crippen LogP contribution is -2.31. The molecule has 0 aliphatic heterocycles. The highest BCUT2D eigenvalue weighted by molar-refractivity contribution is 7.90. The Morgan fingerprint density at radius 3 is 2.03 bits per heavy atom. The first-order valence-electron chi connectivity index (χ1n) is 11.6. The summed E-state index contributed by atoms with van der Waals surface area (Å²) in [6.07, 6.45) is -0.553. The minimum Gasteiger partial charge on any atom is -0.448 e. The van der Waals surface area contributed by atoms with E-state index in [1.165, 1.54) is 17.7 Å². The number of aromatic nitrogens is 2. The Bertz CT molecular complexity index is 1480. The molecule has 3 aromatic carbocycles. The van der Waals surface area contributed by atoms with E-state index in [1.54, 1.807) is 12.1 Å². The fourth-order valence-electron chi connectivity index (χ4n) is 4.01. The molecule has 5 N–H and O–H groups in total. The van der Waals surface area contributed by atoms with Crippen molar-refractivity contribution in [3.8, 4) is 16.8 Å². The van der Waals surface area contributed by atoms with Crippen LogP contribution in [0.4, 0.5) is 4.79 Å². The van der Waals surface area contributed by atoms with E-state index in [4.69, 9.17) is 9.84 Å². The molecular weight excluding hydrogens is 488 g/mol. The Kier molecular flexibility index (Phi) is 8.52. The molecule has 0 aliphatic carbocycles. The molecule has 0 radical (unpaired) electrons. The molecule has 0 saturated heterocycles. The molecule has 4 rings (SSSR count). The molecule has 9 heteroatoms. The molecule has 0 aliphatic rings. The van der Waals surface area contributed by atoms with Gasteiger partial charge < -0.3 is 10.9 Å². The Morgan fingerprint density at radius 2 is 1.43 bits per heavy atom. The van der Waals surface area contributed by atoms with Gasteiger partial charge in [-0.1, -0.05) is 59.7 Å². The fourth-order valence-corrected chi connectivity index (χ4v) is 4.90. The number of hydrogen-bond acceptors (Lipinski definition) is 5. The van der Waals surface area contributed by atoms with Gasteiger partial charge in [0.25, 0.3) is 10.0 Å². The fraction of sp³-hybridized carbons (Fsp3) is 0.214. The normalized spacial score (nSPS) is 11.0. The summed E-state index contributed by atoms with van der Waals surface area (Å²) < 4.78 is 33.5. The van der Waals surface area contributed by atoms with Gasteiger partial charge in [0.05, 0.1) is 22.9 Å². The van der Waals surface area contributed by atoms with Gasteiger partial charge in [0.2, 0.25) is 0 Å². The molecule has 1 aromatic heterocycles. The van der Waals surface area contributed by atoms with E-state index < -0.39 is 16.1 Å². The Hall–Kier alpha value is -3.95. The zero-order valence-electron chi connectivity index (χ0n) is 21.8. The van der Waals surface area contributed by atoms with Crippen LogP contribution in [0, 0.1) is 27.7 Å². The maximum Gasteiger partial charge on any atom is 0.421 e. The van der Waals surface area contributed by atoms with Gasteiger partial charge in [0.1, 0.15) is 0 Å². The average molecular weight is 522 g/mol. The van der Waals surface area contributed by atoms with Gasteiger partial charge in [-0.15, -0.1) is 0 Å². The van der Waals surface area contributed by atoms with Crippen LogP contribution in [-0.2, 0) is 21.2 Å². The van der Waals surface area contributed by atoms with Crippen LogP contribution in [0.2, 0.25) is 0 Å². The van der Waals surface area contributed by atoms with Gasteiger partial charge in [0.15, 0.2) is 0 Å². The molecule has 194 valence electrons. The Morgan fingerprint density at radius 1 is 0.865 bits per heavy atom. The van der Waals surface area contributed by atoms with Crippen molar-refractivity contribution in [2.75, 3.05) is 6.61 Å². The lowest BCUT2D eigenvalue weighted by atomic mass is 10.0. The molecule has 0 atom stereocenters. The van der Waals surface area contributed by atoms with Gasteiger partial charge in [-0.2, -0.15) is 5.10 Å². The third-order valence-corrected chi connectivity index (χ3v) is 7.31. The number of nitrogens with one attached hydrogen (secondary N) is 1. The highest BCUT2D eigenvalue weighted by Gasteiger charge is 2.18. The molecule has 4 aromatic rings. The second-order valence-corrected chi connectivity index (χ2v) is 10.5. The lowest BCUT2D eigenvalue weighted by Gasteiger charge is -2.09. The van der Waals surface area contributed by atoms with Gasteiger partial charge in [-0.05, 0) is 63.1 Å². The van der Waals surface area contributed by atoms with Crippen molar-refractivity contribution in [1.82, 2.24) is 20.7 Å². The van der Waals surface area contributed by atoms with E-state index in [-0.39, 0.29) is 17.7 Å². The molecule has 0 unspecified atom stereocenters. The van der Waals surface area contributed by atoms with E-state index in [0.717, 1.165) is 39.3 Å². The van der Waals surface area contributed by atoms with Crippen molar-refractivity contribution in [2.24, 2.45) is 0 Å². The number of aryl methyl sites for hydroxylation is 3. The van der Waals surface area contributed by atoms with Crippen molar-refractivity contribution >= 4 is 16.1 Å². The number of carbonyl (C=O) groups excluding carboxylic acids is 1. The van der Waals surface area contributed by atoms with Crippen molar-refractivity contribution in [3.05, 3.63) is 101 Å². The third kappa shape index (κ3) is 6.44. The summed E-state index contributed by atoms with van der Waals surface area (Å²) in [7, 11) is -3.97. The van der Waals surface area contributed by atoms with Gasteiger partial charge >= 0.3 is 6.09 Å². The first-order valence-corrected chi connectivity index (χ1v) is 13.1. The number of ether oxygens (including phenoxy) is 1. The van der Waals surface area contributed by atoms with Crippen LogP contribution in [0.5, 0.6) is 0 Å². The smallest absolute Gasteiger partial charge is 0.421 e. The van der Waals surface area contributed by atoms with Crippen LogP contribution in [0.25, 0.3) is 16.8 Å². The van der Waals surface area contributed by atoms with Gasteiger partial charge in [-0.3, -0.25) is 0 Å². The largest absolute Gasteiger partial charge is 0.448 e. The summed E-state index contributed by atoms with van der Waals surface area (Å²) in [4.78, 5) is 12.0. The molecule has 0 bridgehead atoms. The molecule has 37 heavy (non-hydrogen) atoms. The van der Waals surface area contributed by atoms with Crippen LogP contribution in [0.15, 0.2) is 77.7 Å². The SMILES string of the molecule is Cc1ccc(-c2c(C)nn(-c3ccc(CCOC(=O)NS(=O)(=O)c4ccc(C)cc4)cc3)c2C)cc1.[NH4+]. The maximum atomic E-state index is 12.3. The number of amides is 1. The molecule has 1 amide bonds. The van der Waals surface area contributed by atoms with Crippen LogP contribution in [0.1, 0.15) is 28.1 Å². The molecule has 1 heterocycles. The van der Waals surface area contributed by atoms with Crippen molar-refractivity contribution in [2.45, 2.75) is 39.0 Å². The highest BCUT2D eigenvalue weighted by Crippen LogP contribution is 2.29.